The van der Waals surface area contributed by atoms with Gasteiger partial charge in [0.2, 0.25) is 0 Å². The predicted molar refractivity (Wildman–Crippen MR) is 55.3 cm³/mol. The van der Waals surface area contributed by atoms with Crippen LogP contribution in [0.5, 0.6) is 0 Å². The van der Waals surface area contributed by atoms with Gasteiger partial charge in [-0.1, -0.05) is 6.92 Å². The van der Waals surface area contributed by atoms with Crippen LogP contribution in [0.2, 0.25) is 0 Å². The normalized spacial score (nSPS) is 18.2. The molecule has 0 radical (unpaired) electrons. The number of carboxylic acids is 1. The second kappa shape index (κ2) is 5.10. The zero-order chi connectivity index (χ0) is 11.3. The molecule has 0 aromatic rings. The standard InChI is InChI=1S/C10H17N3O2/c1-2-13(5-3-4-11)10(6-9(14)15)7-12-8-10/h12H,2-3,5-8H2,1H3,(H,14,15). The van der Waals surface area contributed by atoms with Crippen molar-refractivity contribution in [2.75, 3.05) is 26.2 Å². The van der Waals surface area contributed by atoms with E-state index in [1.807, 2.05) is 6.92 Å². The van der Waals surface area contributed by atoms with E-state index in [9.17, 15) is 4.79 Å². The van der Waals surface area contributed by atoms with Crippen LogP contribution in [-0.2, 0) is 4.79 Å². The zero-order valence-corrected chi connectivity index (χ0v) is 8.99. The highest BCUT2D eigenvalue weighted by atomic mass is 16.4. The van der Waals surface area contributed by atoms with Crippen LogP contribution in [0.15, 0.2) is 0 Å². The molecule has 1 aliphatic heterocycles. The first kappa shape index (κ1) is 12.0. The number of nitrogens with one attached hydrogen (secondary N) is 1. The van der Waals surface area contributed by atoms with Crippen molar-refractivity contribution in [1.29, 1.82) is 5.26 Å². The Balaban J connectivity index is 2.61. The Morgan fingerprint density at radius 3 is 2.67 bits per heavy atom. The van der Waals surface area contributed by atoms with Gasteiger partial charge >= 0.3 is 5.97 Å². The van der Waals surface area contributed by atoms with Gasteiger partial charge in [0.1, 0.15) is 0 Å². The molecule has 0 amide bonds. The van der Waals surface area contributed by atoms with Gasteiger partial charge in [-0.15, -0.1) is 0 Å². The average Bonchev–Trinajstić information content (AvgIpc) is 2.14. The third kappa shape index (κ3) is 2.67. The monoisotopic (exact) mass is 211 g/mol. The van der Waals surface area contributed by atoms with Gasteiger partial charge in [0.25, 0.3) is 0 Å². The van der Waals surface area contributed by atoms with E-state index in [0.29, 0.717) is 26.1 Å². The molecular formula is C10H17N3O2. The number of likely N-dealkylation sites (N-methyl/N-ethyl adjacent to an activating group) is 1. The zero-order valence-electron chi connectivity index (χ0n) is 8.99. The fraction of sp³-hybridized carbons (Fsp3) is 0.800. The van der Waals surface area contributed by atoms with Gasteiger partial charge < -0.3 is 10.4 Å². The van der Waals surface area contributed by atoms with E-state index in [4.69, 9.17) is 10.4 Å². The van der Waals surface area contributed by atoms with Crippen LogP contribution in [0.3, 0.4) is 0 Å². The Morgan fingerprint density at radius 2 is 2.33 bits per heavy atom. The predicted octanol–water partition coefficient (Wildman–Crippen LogP) is 0.0387. The molecule has 1 heterocycles. The quantitative estimate of drug-likeness (QED) is 0.648. The number of aliphatic carboxylic acids is 1. The number of rotatable bonds is 6. The first-order valence-corrected chi connectivity index (χ1v) is 5.19. The molecule has 84 valence electrons. The largest absolute Gasteiger partial charge is 0.481 e. The number of carboxylic acid groups (broad SMARTS) is 1. The lowest BCUT2D eigenvalue weighted by atomic mass is 9.86. The molecule has 1 rings (SSSR count). The summed E-state index contributed by atoms with van der Waals surface area (Å²) in [6, 6.07) is 2.10. The van der Waals surface area contributed by atoms with Crippen LogP contribution in [0, 0.1) is 11.3 Å². The van der Waals surface area contributed by atoms with E-state index < -0.39 is 5.97 Å². The van der Waals surface area contributed by atoms with Crippen LogP contribution in [0.25, 0.3) is 0 Å². The van der Waals surface area contributed by atoms with E-state index in [1.54, 1.807) is 0 Å². The van der Waals surface area contributed by atoms with Crippen LogP contribution < -0.4 is 5.32 Å². The molecule has 5 nitrogen and oxygen atoms in total. The summed E-state index contributed by atoms with van der Waals surface area (Å²) < 4.78 is 0. The lowest BCUT2D eigenvalue weighted by Crippen LogP contribution is -2.69. The SMILES string of the molecule is CCN(CCC#N)C1(CC(=O)O)CNC1. The van der Waals surface area contributed by atoms with Crippen molar-refractivity contribution in [3.63, 3.8) is 0 Å². The summed E-state index contributed by atoms with van der Waals surface area (Å²) in [6.07, 6.45) is 0.606. The van der Waals surface area contributed by atoms with E-state index in [-0.39, 0.29) is 12.0 Å². The van der Waals surface area contributed by atoms with E-state index >= 15 is 0 Å². The molecule has 0 atom stereocenters. The molecule has 0 aromatic carbocycles. The molecule has 0 aromatic heterocycles. The molecule has 5 heteroatoms. The highest BCUT2D eigenvalue weighted by molar-refractivity contribution is 5.68. The van der Waals surface area contributed by atoms with Gasteiger partial charge in [0, 0.05) is 26.1 Å². The van der Waals surface area contributed by atoms with Crippen molar-refractivity contribution < 1.29 is 9.90 Å². The third-order valence-corrected chi connectivity index (χ3v) is 2.93. The summed E-state index contributed by atoms with van der Waals surface area (Å²) in [5.41, 5.74) is -0.266. The summed E-state index contributed by atoms with van der Waals surface area (Å²) in [6.45, 7) is 4.86. The Morgan fingerprint density at radius 1 is 1.67 bits per heavy atom. The Kier molecular flexibility index (Phi) is 4.06. The Bertz CT molecular complexity index is 268. The summed E-state index contributed by atoms with van der Waals surface area (Å²) in [4.78, 5) is 12.9. The molecule has 0 unspecified atom stereocenters. The first-order valence-electron chi connectivity index (χ1n) is 5.19. The number of carbonyl (C=O) groups is 1. The summed E-state index contributed by atoms with van der Waals surface area (Å²) in [7, 11) is 0. The van der Waals surface area contributed by atoms with E-state index in [0.717, 1.165) is 6.54 Å². The fourth-order valence-electron chi connectivity index (χ4n) is 2.07. The van der Waals surface area contributed by atoms with Crippen LogP contribution in [0.1, 0.15) is 19.8 Å². The van der Waals surface area contributed by atoms with Crippen LogP contribution >= 0.6 is 0 Å². The average molecular weight is 211 g/mol. The lowest BCUT2D eigenvalue weighted by Gasteiger charge is -2.49. The van der Waals surface area contributed by atoms with Crippen molar-refractivity contribution in [2.45, 2.75) is 25.3 Å². The highest BCUT2D eigenvalue weighted by Crippen LogP contribution is 2.24. The van der Waals surface area contributed by atoms with Crippen molar-refractivity contribution in [2.24, 2.45) is 0 Å². The minimum absolute atomic E-state index is 0.152. The second-order valence-corrected chi connectivity index (χ2v) is 3.89. The van der Waals surface area contributed by atoms with Crippen molar-refractivity contribution in [1.82, 2.24) is 10.2 Å². The molecule has 0 spiro atoms. The van der Waals surface area contributed by atoms with Gasteiger partial charge in [0.05, 0.1) is 18.0 Å². The molecule has 0 bridgehead atoms. The number of nitriles is 1. The maximum Gasteiger partial charge on any atom is 0.305 e. The van der Waals surface area contributed by atoms with Gasteiger partial charge in [-0.2, -0.15) is 5.26 Å². The van der Waals surface area contributed by atoms with Gasteiger partial charge in [0.15, 0.2) is 0 Å². The van der Waals surface area contributed by atoms with Gasteiger partial charge in [-0.3, -0.25) is 9.69 Å². The molecule has 2 N–H and O–H groups in total. The summed E-state index contributed by atoms with van der Waals surface area (Å²) in [5.74, 6) is -0.771. The lowest BCUT2D eigenvalue weighted by molar-refractivity contribution is -0.141. The number of nitrogens with zero attached hydrogens (tertiary/aromatic N) is 2. The minimum Gasteiger partial charge on any atom is -0.481 e. The minimum atomic E-state index is -0.771. The fourth-order valence-corrected chi connectivity index (χ4v) is 2.07. The van der Waals surface area contributed by atoms with Crippen LogP contribution in [-0.4, -0.2) is 47.7 Å². The van der Waals surface area contributed by atoms with Gasteiger partial charge in [-0.25, -0.2) is 0 Å². The van der Waals surface area contributed by atoms with Crippen molar-refractivity contribution >= 4 is 5.97 Å². The molecule has 15 heavy (non-hydrogen) atoms. The molecule has 0 aliphatic carbocycles. The van der Waals surface area contributed by atoms with Crippen molar-refractivity contribution in [3.8, 4) is 6.07 Å². The second-order valence-electron chi connectivity index (χ2n) is 3.89. The molecule has 1 aliphatic rings. The van der Waals surface area contributed by atoms with E-state index in [1.165, 1.54) is 0 Å². The van der Waals surface area contributed by atoms with E-state index in [2.05, 4.69) is 16.3 Å². The molecule has 1 saturated heterocycles. The topological polar surface area (TPSA) is 76.4 Å². The summed E-state index contributed by atoms with van der Waals surface area (Å²) in [5, 5.41) is 20.5. The molecular weight excluding hydrogens is 194 g/mol. The first-order chi connectivity index (χ1) is 7.14. The van der Waals surface area contributed by atoms with Gasteiger partial charge in [-0.05, 0) is 6.54 Å². The third-order valence-electron chi connectivity index (χ3n) is 2.93. The maximum atomic E-state index is 10.8. The maximum absolute atomic E-state index is 10.8. The smallest absolute Gasteiger partial charge is 0.305 e. The number of hydrogen-bond donors (Lipinski definition) is 2. The van der Waals surface area contributed by atoms with Crippen LogP contribution in [0.4, 0.5) is 0 Å². The molecule has 0 saturated carbocycles. The molecule has 1 fully saturated rings. The Labute approximate surface area is 89.7 Å². The highest BCUT2D eigenvalue weighted by Gasteiger charge is 2.43. The van der Waals surface area contributed by atoms with Crippen molar-refractivity contribution in [3.05, 3.63) is 0 Å². The number of hydrogen-bond acceptors (Lipinski definition) is 4. The Hall–Kier alpha value is -1.12. The summed E-state index contributed by atoms with van der Waals surface area (Å²) >= 11 is 0.